The molecule has 3 fully saturated rings. The summed E-state index contributed by atoms with van der Waals surface area (Å²) in [4.78, 5) is 23.6. The molecule has 2 saturated carbocycles. The number of nitrogens with zero attached hydrogens (tertiary/aromatic N) is 3. The number of carbonyl (C=O) groups is 1. The number of aromatic nitrogens is 2. The van der Waals surface area contributed by atoms with E-state index in [0.29, 0.717) is 56.2 Å². The summed E-state index contributed by atoms with van der Waals surface area (Å²) in [6.45, 7) is 2.68. The van der Waals surface area contributed by atoms with Gasteiger partial charge in [-0.3, -0.25) is 4.79 Å². The van der Waals surface area contributed by atoms with Gasteiger partial charge in [0, 0.05) is 32.4 Å². The first-order chi connectivity index (χ1) is 12.2. The molecule has 7 heteroatoms. The third kappa shape index (κ3) is 3.48. The summed E-state index contributed by atoms with van der Waals surface area (Å²) in [6, 6.07) is 0.468. The van der Waals surface area contributed by atoms with Gasteiger partial charge in [-0.25, -0.2) is 9.97 Å². The van der Waals surface area contributed by atoms with E-state index in [0.717, 1.165) is 11.8 Å². The molecule has 2 heterocycles. The van der Waals surface area contributed by atoms with Crippen LogP contribution >= 0.6 is 0 Å². The number of rotatable bonds is 5. The van der Waals surface area contributed by atoms with Crippen LogP contribution in [-0.4, -0.2) is 60.2 Å². The molecule has 0 radical (unpaired) electrons. The van der Waals surface area contributed by atoms with Crippen LogP contribution in [0, 0.1) is 11.8 Å². The van der Waals surface area contributed by atoms with Crippen molar-refractivity contribution in [1.29, 1.82) is 0 Å². The Morgan fingerprint density at radius 2 is 2.20 bits per heavy atom. The van der Waals surface area contributed by atoms with Gasteiger partial charge in [0.1, 0.15) is 0 Å². The normalized spacial score (nSPS) is 28.4. The van der Waals surface area contributed by atoms with Crippen molar-refractivity contribution in [2.75, 3.05) is 38.7 Å². The van der Waals surface area contributed by atoms with Crippen LogP contribution in [0.3, 0.4) is 0 Å². The number of anilines is 1. The lowest BCUT2D eigenvalue weighted by Crippen LogP contribution is -2.41. The van der Waals surface area contributed by atoms with Gasteiger partial charge in [0.15, 0.2) is 0 Å². The molecule has 0 unspecified atom stereocenters. The molecule has 1 N–H and O–H groups in total. The van der Waals surface area contributed by atoms with Gasteiger partial charge >= 0.3 is 0 Å². The van der Waals surface area contributed by atoms with Crippen LogP contribution in [-0.2, 0) is 16.1 Å². The molecule has 25 heavy (non-hydrogen) atoms. The predicted molar refractivity (Wildman–Crippen MR) is 92.3 cm³/mol. The van der Waals surface area contributed by atoms with Gasteiger partial charge < -0.3 is 19.7 Å². The quantitative estimate of drug-likeness (QED) is 0.874. The van der Waals surface area contributed by atoms with Crippen molar-refractivity contribution in [3.8, 4) is 0 Å². The third-order valence-electron chi connectivity index (χ3n) is 5.73. The van der Waals surface area contributed by atoms with Crippen molar-refractivity contribution in [1.82, 2.24) is 14.9 Å². The zero-order chi connectivity index (χ0) is 17.2. The average Bonchev–Trinajstić information content (AvgIpc) is 3.25. The highest BCUT2D eigenvalue weighted by Crippen LogP contribution is 2.45. The highest BCUT2D eigenvalue weighted by molar-refractivity contribution is 5.95. The molecule has 1 amide bonds. The van der Waals surface area contributed by atoms with E-state index < -0.39 is 0 Å². The van der Waals surface area contributed by atoms with Gasteiger partial charge in [-0.05, 0) is 31.1 Å². The van der Waals surface area contributed by atoms with Gasteiger partial charge in [0.25, 0.3) is 5.91 Å². The van der Waals surface area contributed by atoms with E-state index in [1.54, 1.807) is 18.2 Å². The lowest BCUT2D eigenvalue weighted by molar-refractivity contribution is 0.0299. The summed E-state index contributed by atoms with van der Waals surface area (Å²) >= 11 is 0. The predicted octanol–water partition coefficient (Wildman–Crippen LogP) is 1.70. The Hall–Kier alpha value is -1.73. The lowest BCUT2D eigenvalue weighted by Gasteiger charge is -2.27. The van der Waals surface area contributed by atoms with E-state index in [4.69, 9.17) is 9.47 Å². The first-order valence-electron chi connectivity index (χ1n) is 9.23. The van der Waals surface area contributed by atoms with Gasteiger partial charge in [-0.15, -0.1) is 0 Å². The summed E-state index contributed by atoms with van der Waals surface area (Å²) < 4.78 is 10.6. The number of hydrogen-bond donors (Lipinski definition) is 1. The minimum atomic E-state index is -0.0400. The third-order valence-corrected chi connectivity index (χ3v) is 5.73. The van der Waals surface area contributed by atoms with E-state index in [9.17, 15) is 4.79 Å². The standard InChI is InChI=1S/C18H26N4O3/c1-24-11-16-14(17(23)22-4-6-25-7-5-22)10-19-18(21-16)20-15-9-12-2-3-13(15)8-12/h10,12-13,15H,2-9,11H2,1H3,(H,19,20,21)/t12-,13+,15+/m0/s1. The Balaban J connectivity index is 1.50. The maximum atomic E-state index is 12.8. The number of ether oxygens (including phenoxy) is 2. The highest BCUT2D eigenvalue weighted by atomic mass is 16.5. The van der Waals surface area contributed by atoms with Crippen LogP contribution in [0.25, 0.3) is 0 Å². The van der Waals surface area contributed by atoms with E-state index in [1.165, 1.54) is 25.7 Å². The Labute approximate surface area is 148 Å². The number of hydrogen-bond acceptors (Lipinski definition) is 6. The van der Waals surface area contributed by atoms with E-state index in [2.05, 4.69) is 15.3 Å². The molecule has 0 aromatic carbocycles. The van der Waals surface area contributed by atoms with Gasteiger partial charge in [0.05, 0.1) is 31.1 Å². The second-order valence-corrected chi connectivity index (χ2v) is 7.32. The first kappa shape index (κ1) is 16.7. The second kappa shape index (κ2) is 7.25. The SMILES string of the molecule is COCc1nc(N[C@@H]2C[C@H]3CC[C@@H]2C3)ncc1C(=O)N1CCOCC1. The summed E-state index contributed by atoms with van der Waals surface area (Å²) in [5.41, 5.74) is 1.18. The van der Waals surface area contributed by atoms with Crippen molar-refractivity contribution in [2.45, 2.75) is 38.3 Å². The van der Waals surface area contributed by atoms with Crippen molar-refractivity contribution in [3.63, 3.8) is 0 Å². The molecule has 1 saturated heterocycles. The van der Waals surface area contributed by atoms with Crippen LogP contribution in [0.5, 0.6) is 0 Å². The zero-order valence-corrected chi connectivity index (χ0v) is 14.7. The molecule has 3 atom stereocenters. The summed E-state index contributed by atoms with van der Waals surface area (Å²) in [7, 11) is 1.62. The maximum absolute atomic E-state index is 12.8. The molecule has 0 spiro atoms. The smallest absolute Gasteiger partial charge is 0.257 e. The van der Waals surface area contributed by atoms with Crippen molar-refractivity contribution in [3.05, 3.63) is 17.5 Å². The van der Waals surface area contributed by atoms with Gasteiger partial charge in [0.2, 0.25) is 5.95 Å². The minimum absolute atomic E-state index is 0.0400. The Morgan fingerprint density at radius 3 is 2.88 bits per heavy atom. The molecule has 2 bridgehead atoms. The number of methoxy groups -OCH3 is 1. The molecular formula is C18H26N4O3. The topological polar surface area (TPSA) is 76.6 Å². The highest BCUT2D eigenvalue weighted by Gasteiger charge is 2.39. The second-order valence-electron chi connectivity index (χ2n) is 7.32. The zero-order valence-electron chi connectivity index (χ0n) is 14.7. The summed E-state index contributed by atoms with van der Waals surface area (Å²) in [6.07, 6.45) is 6.86. The molecule has 4 rings (SSSR count). The van der Waals surface area contributed by atoms with E-state index in [1.807, 2.05) is 0 Å². The van der Waals surface area contributed by atoms with E-state index >= 15 is 0 Å². The van der Waals surface area contributed by atoms with Crippen molar-refractivity contribution >= 4 is 11.9 Å². The van der Waals surface area contributed by atoms with Crippen LogP contribution in [0.15, 0.2) is 6.20 Å². The molecule has 3 aliphatic rings. The maximum Gasteiger partial charge on any atom is 0.257 e. The summed E-state index contributed by atoms with van der Waals surface area (Å²) in [5.74, 6) is 2.18. The van der Waals surface area contributed by atoms with Gasteiger partial charge in [-0.1, -0.05) is 6.42 Å². The van der Waals surface area contributed by atoms with E-state index in [-0.39, 0.29) is 5.91 Å². The Kier molecular flexibility index (Phi) is 4.85. The Morgan fingerprint density at radius 1 is 1.36 bits per heavy atom. The number of amides is 1. The first-order valence-corrected chi connectivity index (χ1v) is 9.23. The fourth-order valence-corrected chi connectivity index (χ4v) is 4.44. The number of carbonyl (C=O) groups excluding carboxylic acids is 1. The number of fused-ring (bicyclic) bond motifs is 2. The molecule has 2 aliphatic carbocycles. The summed E-state index contributed by atoms with van der Waals surface area (Å²) in [5, 5.41) is 3.49. The number of nitrogens with one attached hydrogen (secondary N) is 1. The van der Waals surface area contributed by atoms with Crippen LogP contribution in [0.1, 0.15) is 41.7 Å². The molecule has 1 aromatic rings. The molecule has 1 aliphatic heterocycles. The van der Waals surface area contributed by atoms with Crippen molar-refractivity contribution < 1.29 is 14.3 Å². The average molecular weight is 346 g/mol. The Bertz CT molecular complexity index is 633. The lowest BCUT2D eigenvalue weighted by atomic mass is 9.95. The van der Waals surface area contributed by atoms with Gasteiger partial charge in [-0.2, -0.15) is 0 Å². The fourth-order valence-electron chi connectivity index (χ4n) is 4.44. The molecule has 7 nitrogen and oxygen atoms in total. The largest absolute Gasteiger partial charge is 0.378 e. The molecule has 1 aromatic heterocycles. The molecular weight excluding hydrogens is 320 g/mol. The van der Waals surface area contributed by atoms with Crippen molar-refractivity contribution in [2.24, 2.45) is 11.8 Å². The minimum Gasteiger partial charge on any atom is -0.378 e. The van der Waals surface area contributed by atoms with Crippen LogP contribution < -0.4 is 5.32 Å². The van der Waals surface area contributed by atoms with Crippen LogP contribution in [0.2, 0.25) is 0 Å². The monoisotopic (exact) mass is 346 g/mol. The van der Waals surface area contributed by atoms with Crippen LogP contribution in [0.4, 0.5) is 5.95 Å². The number of morpholine rings is 1. The molecule has 136 valence electrons. The fraction of sp³-hybridized carbons (Fsp3) is 0.722.